The van der Waals surface area contributed by atoms with Gasteiger partial charge in [0.15, 0.2) is 0 Å². The number of rotatable bonds is 8. The molecule has 0 saturated carbocycles. The highest BCUT2D eigenvalue weighted by atomic mass is 16.5. The van der Waals surface area contributed by atoms with Crippen LogP contribution >= 0.6 is 0 Å². The Morgan fingerprint density at radius 1 is 1.28 bits per heavy atom. The van der Waals surface area contributed by atoms with Crippen LogP contribution in [0.4, 0.5) is 0 Å². The van der Waals surface area contributed by atoms with Gasteiger partial charge in [-0.25, -0.2) is 0 Å². The van der Waals surface area contributed by atoms with Gasteiger partial charge in [0, 0.05) is 25.1 Å². The van der Waals surface area contributed by atoms with Crippen LogP contribution in [-0.2, 0) is 4.74 Å². The van der Waals surface area contributed by atoms with Crippen molar-refractivity contribution in [3.8, 4) is 0 Å². The molecule has 0 amide bonds. The molecule has 1 heterocycles. The summed E-state index contributed by atoms with van der Waals surface area (Å²) < 4.78 is 5.77. The van der Waals surface area contributed by atoms with E-state index in [4.69, 9.17) is 4.74 Å². The van der Waals surface area contributed by atoms with Crippen molar-refractivity contribution in [3.63, 3.8) is 0 Å². The van der Waals surface area contributed by atoms with Crippen LogP contribution in [0.5, 0.6) is 0 Å². The summed E-state index contributed by atoms with van der Waals surface area (Å²) in [5, 5.41) is 3.64. The van der Waals surface area contributed by atoms with E-state index in [1.165, 1.54) is 19.4 Å². The monoisotopic (exact) mass is 256 g/mol. The van der Waals surface area contributed by atoms with Crippen LogP contribution in [0, 0.1) is 11.3 Å². The normalized spacial score (nSPS) is 25.0. The molecule has 1 rings (SSSR count). The minimum absolute atomic E-state index is 0.332. The van der Waals surface area contributed by atoms with Crippen molar-refractivity contribution in [1.82, 2.24) is 10.2 Å². The van der Waals surface area contributed by atoms with Crippen molar-refractivity contribution >= 4 is 0 Å². The zero-order valence-electron chi connectivity index (χ0n) is 12.8. The summed E-state index contributed by atoms with van der Waals surface area (Å²) in [5.74, 6) is 0.722. The summed E-state index contributed by atoms with van der Waals surface area (Å²) >= 11 is 0. The number of nitrogens with zero attached hydrogens (tertiary/aromatic N) is 1. The molecule has 0 aromatic carbocycles. The molecule has 18 heavy (non-hydrogen) atoms. The van der Waals surface area contributed by atoms with Gasteiger partial charge in [0.25, 0.3) is 0 Å². The first-order valence-corrected chi connectivity index (χ1v) is 7.62. The van der Waals surface area contributed by atoms with Crippen LogP contribution in [0.2, 0.25) is 0 Å². The van der Waals surface area contributed by atoms with E-state index in [9.17, 15) is 0 Å². The quantitative estimate of drug-likeness (QED) is 0.721. The van der Waals surface area contributed by atoms with Crippen LogP contribution < -0.4 is 5.32 Å². The average molecular weight is 256 g/mol. The molecule has 0 aromatic rings. The van der Waals surface area contributed by atoms with Gasteiger partial charge < -0.3 is 15.0 Å². The number of nitrogens with one attached hydrogen (secondary N) is 1. The standard InChI is InChI=1S/C15H32N2O/c1-5-17(6-2)12-15(8-7-9-18-13-15)11-16-10-14(3)4/h14,16H,5-13H2,1-4H3. The van der Waals surface area contributed by atoms with E-state index >= 15 is 0 Å². The van der Waals surface area contributed by atoms with Gasteiger partial charge in [-0.3, -0.25) is 0 Å². The van der Waals surface area contributed by atoms with Crippen molar-refractivity contribution < 1.29 is 4.74 Å². The summed E-state index contributed by atoms with van der Waals surface area (Å²) in [6.07, 6.45) is 2.51. The predicted molar refractivity (Wildman–Crippen MR) is 78.0 cm³/mol. The van der Waals surface area contributed by atoms with Crippen molar-refractivity contribution in [3.05, 3.63) is 0 Å². The highest BCUT2D eigenvalue weighted by Gasteiger charge is 2.33. The molecule has 1 saturated heterocycles. The van der Waals surface area contributed by atoms with Crippen molar-refractivity contribution in [1.29, 1.82) is 0 Å². The Bertz CT molecular complexity index is 209. The Morgan fingerprint density at radius 3 is 2.50 bits per heavy atom. The molecule has 0 spiro atoms. The van der Waals surface area contributed by atoms with Gasteiger partial charge in [0.05, 0.1) is 6.61 Å². The minimum atomic E-state index is 0.332. The Morgan fingerprint density at radius 2 is 2.00 bits per heavy atom. The molecular weight excluding hydrogens is 224 g/mol. The molecule has 1 N–H and O–H groups in total. The Hall–Kier alpha value is -0.120. The second kappa shape index (κ2) is 8.13. The summed E-state index contributed by atoms with van der Waals surface area (Å²) in [5.41, 5.74) is 0.332. The van der Waals surface area contributed by atoms with Gasteiger partial charge in [-0.2, -0.15) is 0 Å². The molecule has 3 nitrogen and oxygen atoms in total. The maximum atomic E-state index is 5.77. The van der Waals surface area contributed by atoms with E-state index in [1.807, 2.05) is 0 Å². The largest absolute Gasteiger partial charge is 0.381 e. The van der Waals surface area contributed by atoms with E-state index in [1.54, 1.807) is 0 Å². The summed E-state index contributed by atoms with van der Waals surface area (Å²) in [6, 6.07) is 0. The predicted octanol–water partition coefficient (Wildman–Crippen LogP) is 2.37. The molecule has 0 aromatic heterocycles. The molecule has 1 aliphatic heterocycles. The summed E-state index contributed by atoms with van der Waals surface area (Å²) in [4.78, 5) is 2.53. The lowest BCUT2D eigenvalue weighted by molar-refractivity contribution is -0.0250. The van der Waals surface area contributed by atoms with Crippen LogP contribution in [0.15, 0.2) is 0 Å². The zero-order chi connectivity index (χ0) is 13.4. The van der Waals surface area contributed by atoms with Gasteiger partial charge in [0.2, 0.25) is 0 Å². The molecule has 1 atom stereocenters. The fourth-order valence-corrected chi connectivity index (χ4v) is 2.78. The second-order valence-corrected chi connectivity index (χ2v) is 6.14. The average Bonchev–Trinajstić information content (AvgIpc) is 2.37. The molecular formula is C15H32N2O. The zero-order valence-corrected chi connectivity index (χ0v) is 12.8. The Labute approximate surface area is 113 Å². The van der Waals surface area contributed by atoms with Crippen LogP contribution in [0.1, 0.15) is 40.5 Å². The first-order chi connectivity index (χ1) is 8.62. The van der Waals surface area contributed by atoms with Crippen LogP contribution in [0.3, 0.4) is 0 Å². The fourth-order valence-electron chi connectivity index (χ4n) is 2.78. The van der Waals surface area contributed by atoms with E-state index in [0.29, 0.717) is 5.41 Å². The third-order valence-corrected chi connectivity index (χ3v) is 3.91. The van der Waals surface area contributed by atoms with E-state index in [0.717, 1.165) is 45.3 Å². The van der Waals surface area contributed by atoms with Gasteiger partial charge in [-0.05, 0) is 38.4 Å². The molecule has 1 aliphatic rings. The maximum Gasteiger partial charge on any atom is 0.0546 e. The maximum absolute atomic E-state index is 5.77. The van der Waals surface area contributed by atoms with E-state index in [2.05, 4.69) is 37.9 Å². The molecule has 0 aliphatic carbocycles. The molecule has 1 fully saturated rings. The molecule has 1 unspecified atom stereocenters. The van der Waals surface area contributed by atoms with E-state index < -0.39 is 0 Å². The fraction of sp³-hybridized carbons (Fsp3) is 1.00. The smallest absolute Gasteiger partial charge is 0.0546 e. The van der Waals surface area contributed by atoms with Crippen LogP contribution in [-0.4, -0.2) is 50.8 Å². The second-order valence-electron chi connectivity index (χ2n) is 6.14. The van der Waals surface area contributed by atoms with Crippen molar-refractivity contribution in [2.75, 3.05) is 45.9 Å². The SMILES string of the molecule is CCN(CC)CC1(CNCC(C)C)CCCOC1. The molecule has 108 valence electrons. The minimum Gasteiger partial charge on any atom is -0.381 e. The first kappa shape index (κ1) is 15.9. The lowest BCUT2D eigenvalue weighted by atomic mass is 9.81. The molecule has 0 bridgehead atoms. The Kier molecular flexibility index (Phi) is 7.20. The summed E-state index contributed by atoms with van der Waals surface area (Å²) in [6.45, 7) is 16.6. The van der Waals surface area contributed by atoms with E-state index in [-0.39, 0.29) is 0 Å². The lowest BCUT2D eigenvalue weighted by Gasteiger charge is -2.41. The van der Waals surface area contributed by atoms with Crippen LogP contribution in [0.25, 0.3) is 0 Å². The number of hydrogen-bond acceptors (Lipinski definition) is 3. The highest BCUT2D eigenvalue weighted by Crippen LogP contribution is 2.29. The van der Waals surface area contributed by atoms with Crippen molar-refractivity contribution in [2.45, 2.75) is 40.5 Å². The van der Waals surface area contributed by atoms with Gasteiger partial charge >= 0.3 is 0 Å². The van der Waals surface area contributed by atoms with Gasteiger partial charge in [0.1, 0.15) is 0 Å². The third kappa shape index (κ3) is 5.25. The molecule has 3 heteroatoms. The third-order valence-electron chi connectivity index (χ3n) is 3.91. The number of hydrogen-bond donors (Lipinski definition) is 1. The van der Waals surface area contributed by atoms with Gasteiger partial charge in [-0.15, -0.1) is 0 Å². The molecule has 0 radical (unpaired) electrons. The first-order valence-electron chi connectivity index (χ1n) is 7.62. The summed E-state index contributed by atoms with van der Waals surface area (Å²) in [7, 11) is 0. The number of ether oxygens (including phenoxy) is 1. The Balaban J connectivity index is 2.51. The highest BCUT2D eigenvalue weighted by molar-refractivity contribution is 4.87. The topological polar surface area (TPSA) is 24.5 Å². The van der Waals surface area contributed by atoms with Crippen molar-refractivity contribution in [2.24, 2.45) is 11.3 Å². The lowest BCUT2D eigenvalue weighted by Crippen LogP contribution is -2.49. The van der Waals surface area contributed by atoms with Gasteiger partial charge in [-0.1, -0.05) is 27.7 Å².